The van der Waals surface area contributed by atoms with Crippen LogP contribution < -0.4 is 10.0 Å². The van der Waals surface area contributed by atoms with Crippen molar-refractivity contribution in [1.82, 2.24) is 19.8 Å². The van der Waals surface area contributed by atoms with E-state index in [1.165, 1.54) is 0 Å². The summed E-state index contributed by atoms with van der Waals surface area (Å²) < 4.78 is 40.9. The summed E-state index contributed by atoms with van der Waals surface area (Å²) in [6, 6.07) is 3.10. The molecule has 10 heteroatoms. The Morgan fingerprint density at radius 3 is 2.34 bits per heavy atom. The van der Waals surface area contributed by atoms with E-state index in [0.717, 1.165) is 24.3 Å². The van der Waals surface area contributed by atoms with Crippen molar-refractivity contribution in [3.05, 3.63) is 30.1 Å². The highest BCUT2D eigenvalue weighted by atomic mass is 32.2. The summed E-state index contributed by atoms with van der Waals surface area (Å²) in [6.07, 6.45) is 0. The second-order valence-electron chi connectivity index (χ2n) is 7.46. The molecule has 2 atom stereocenters. The first-order valence-electron chi connectivity index (χ1n) is 9.68. The number of urea groups is 1. The first-order chi connectivity index (χ1) is 13.6. The maximum absolute atomic E-state index is 13.1. The van der Waals surface area contributed by atoms with Gasteiger partial charge in [0.1, 0.15) is 11.9 Å². The van der Waals surface area contributed by atoms with E-state index < -0.39 is 21.9 Å². The topological polar surface area (TPSA) is 98.8 Å². The Labute approximate surface area is 171 Å². The van der Waals surface area contributed by atoms with Crippen LogP contribution in [0.1, 0.15) is 27.7 Å². The fourth-order valence-corrected chi connectivity index (χ4v) is 4.57. The zero-order valence-electron chi connectivity index (χ0n) is 17.2. The molecule has 3 amide bonds. The van der Waals surface area contributed by atoms with Crippen LogP contribution in [0.5, 0.6) is 0 Å². The number of sulfonamides is 1. The van der Waals surface area contributed by atoms with Crippen molar-refractivity contribution in [3.63, 3.8) is 0 Å². The monoisotopic (exact) mass is 428 g/mol. The number of hydrogen-bond acceptors (Lipinski definition) is 4. The van der Waals surface area contributed by atoms with Crippen LogP contribution in [0.15, 0.2) is 29.2 Å². The molecule has 0 aliphatic carbocycles. The maximum Gasteiger partial charge on any atom is 0.317 e. The molecule has 0 saturated carbocycles. The minimum absolute atomic E-state index is 0.105. The van der Waals surface area contributed by atoms with Crippen molar-refractivity contribution in [1.29, 1.82) is 0 Å². The smallest absolute Gasteiger partial charge is 0.317 e. The van der Waals surface area contributed by atoms with Gasteiger partial charge in [-0.1, -0.05) is 13.8 Å². The number of carbonyl (C=O) groups excluding carboxylic acids is 2. The zero-order valence-corrected chi connectivity index (χ0v) is 18.0. The third-order valence-corrected chi connectivity index (χ3v) is 6.32. The van der Waals surface area contributed by atoms with Gasteiger partial charge in [0.05, 0.1) is 4.90 Å². The fraction of sp³-hybridized carbons (Fsp3) is 0.579. The van der Waals surface area contributed by atoms with Gasteiger partial charge in [0, 0.05) is 32.2 Å². The van der Waals surface area contributed by atoms with E-state index in [1.807, 2.05) is 13.8 Å². The van der Waals surface area contributed by atoms with E-state index in [2.05, 4.69) is 10.0 Å². The molecule has 0 bridgehead atoms. The van der Waals surface area contributed by atoms with Crippen molar-refractivity contribution < 1.29 is 22.4 Å². The average Bonchev–Trinajstić information content (AvgIpc) is 2.65. The number of carbonyl (C=O) groups is 2. The molecule has 2 rings (SSSR count). The average molecular weight is 429 g/mol. The lowest BCUT2D eigenvalue weighted by molar-refractivity contribution is -0.136. The van der Waals surface area contributed by atoms with Crippen LogP contribution in [0.3, 0.4) is 0 Å². The molecule has 162 valence electrons. The van der Waals surface area contributed by atoms with E-state index in [1.54, 1.807) is 23.6 Å². The van der Waals surface area contributed by atoms with Gasteiger partial charge in [0.2, 0.25) is 15.9 Å². The molecule has 8 nitrogen and oxygen atoms in total. The fourth-order valence-electron chi connectivity index (χ4n) is 3.23. The Balaban J connectivity index is 2.12. The third-order valence-electron chi connectivity index (χ3n) is 4.87. The molecule has 0 radical (unpaired) electrons. The number of nitrogens with zero attached hydrogens (tertiary/aromatic N) is 2. The highest BCUT2D eigenvalue weighted by Crippen LogP contribution is 2.17. The Bertz CT molecular complexity index is 829. The molecule has 1 aromatic rings. The highest BCUT2D eigenvalue weighted by Gasteiger charge is 2.35. The predicted octanol–water partition coefficient (Wildman–Crippen LogP) is 1.39. The van der Waals surface area contributed by atoms with Gasteiger partial charge in [0.15, 0.2) is 0 Å². The number of rotatable bonds is 6. The molecule has 1 fully saturated rings. The molecule has 29 heavy (non-hydrogen) atoms. The summed E-state index contributed by atoms with van der Waals surface area (Å²) in [5.74, 6) is -1.18. The number of hydrogen-bond donors (Lipinski definition) is 2. The summed E-state index contributed by atoms with van der Waals surface area (Å²) in [5.41, 5.74) is 0. The first-order valence-corrected chi connectivity index (χ1v) is 11.2. The molecule has 0 spiro atoms. The van der Waals surface area contributed by atoms with Gasteiger partial charge < -0.3 is 15.1 Å². The Kier molecular flexibility index (Phi) is 7.59. The first kappa shape index (κ1) is 23.1. The second kappa shape index (κ2) is 9.53. The normalized spacial score (nSPS) is 18.6. The van der Waals surface area contributed by atoms with Crippen molar-refractivity contribution in [2.75, 3.05) is 26.2 Å². The molecular weight excluding hydrogens is 399 g/mol. The maximum atomic E-state index is 13.1. The minimum atomic E-state index is -3.99. The van der Waals surface area contributed by atoms with E-state index in [4.69, 9.17) is 0 Å². The predicted molar refractivity (Wildman–Crippen MR) is 107 cm³/mol. The molecule has 1 heterocycles. The van der Waals surface area contributed by atoms with Crippen LogP contribution in [0.4, 0.5) is 9.18 Å². The summed E-state index contributed by atoms with van der Waals surface area (Å²) in [5, 5.41) is 2.75. The van der Waals surface area contributed by atoms with Gasteiger partial charge in [-0.25, -0.2) is 17.6 Å². The van der Waals surface area contributed by atoms with Crippen LogP contribution in [0, 0.1) is 11.7 Å². The quantitative estimate of drug-likeness (QED) is 0.715. The molecule has 0 aromatic heterocycles. The van der Waals surface area contributed by atoms with E-state index in [0.29, 0.717) is 26.2 Å². The van der Waals surface area contributed by atoms with Crippen LogP contribution >= 0.6 is 0 Å². The van der Waals surface area contributed by atoms with Crippen molar-refractivity contribution in [3.8, 4) is 0 Å². The largest absolute Gasteiger partial charge is 0.338 e. The van der Waals surface area contributed by atoms with Crippen LogP contribution in [0.25, 0.3) is 0 Å². The van der Waals surface area contributed by atoms with Gasteiger partial charge in [0.25, 0.3) is 0 Å². The standard InChI is InChI=1S/C19H29FN4O4S/c1-5-21-19(26)24-11-10-23(12-14(24)4)18(25)17(13(2)3)22-29(27,28)16-8-6-15(20)7-9-16/h6-9,13-14,17,22H,5,10-12H2,1-4H3,(H,21,26). The number of piperazine rings is 1. The number of amides is 3. The van der Waals surface area contributed by atoms with Crippen LogP contribution in [-0.4, -0.2) is 68.4 Å². The van der Waals surface area contributed by atoms with Gasteiger partial charge in [-0.2, -0.15) is 4.72 Å². The van der Waals surface area contributed by atoms with Crippen molar-refractivity contribution >= 4 is 22.0 Å². The Morgan fingerprint density at radius 1 is 1.21 bits per heavy atom. The van der Waals surface area contributed by atoms with Crippen LogP contribution in [0.2, 0.25) is 0 Å². The summed E-state index contributed by atoms with van der Waals surface area (Å²) in [7, 11) is -3.99. The van der Waals surface area contributed by atoms with E-state index in [-0.39, 0.29) is 28.8 Å². The van der Waals surface area contributed by atoms with E-state index in [9.17, 15) is 22.4 Å². The van der Waals surface area contributed by atoms with Gasteiger partial charge >= 0.3 is 6.03 Å². The number of nitrogens with one attached hydrogen (secondary N) is 2. The number of halogens is 1. The molecular formula is C19H29FN4O4S. The van der Waals surface area contributed by atoms with Crippen molar-refractivity contribution in [2.45, 2.75) is 44.7 Å². The van der Waals surface area contributed by atoms with Gasteiger partial charge in [-0.3, -0.25) is 4.79 Å². The van der Waals surface area contributed by atoms with Crippen molar-refractivity contribution in [2.24, 2.45) is 5.92 Å². The van der Waals surface area contributed by atoms with Gasteiger partial charge in [-0.05, 0) is 44.0 Å². The SMILES string of the molecule is CCNC(=O)N1CCN(C(=O)C(NS(=O)(=O)c2ccc(F)cc2)C(C)C)CC1C. The Morgan fingerprint density at radius 2 is 1.83 bits per heavy atom. The lowest BCUT2D eigenvalue weighted by atomic mass is 10.0. The molecule has 2 N–H and O–H groups in total. The summed E-state index contributed by atoms with van der Waals surface area (Å²) in [6.45, 7) is 8.72. The molecule has 1 aliphatic rings. The van der Waals surface area contributed by atoms with Crippen LogP contribution in [-0.2, 0) is 14.8 Å². The molecule has 1 aromatic carbocycles. The molecule has 2 unspecified atom stereocenters. The highest BCUT2D eigenvalue weighted by molar-refractivity contribution is 7.89. The minimum Gasteiger partial charge on any atom is -0.338 e. The van der Waals surface area contributed by atoms with Gasteiger partial charge in [-0.15, -0.1) is 0 Å². The zero-order chi connectivity index (χ0) is 21.8. The third kappa shape index (κ3) is 5.66. The lowest BCUT2D eigenvalue weighted by Gasteiger charge is -2.41. The summed E-state index contributed by atoms with van der Waals surface area (Å²) in [4.78, 5) is 28.3. The summed E-state index contributed by atoms with van der Waals surface area (Å²) >= 11 is 0. The Hall–Kier alpha value is -2.20. The number of benzene rings is 1. The second-order valence-corrected chi connectivity index (χ2v) is 9.17. The molecule has 1 aliphatic heterocycles. The van der Waals surface area contributed by atoms with E-state index >= 15 is 0 Å². The molecule has 1 saturated heterocycles. The lowest BCUT2D eigenvalue weighted by Crippen LogP contribution is -2.61.